The molecule has 6 aromatic rings. The van der Waals surface area contributed by atoms with Gasteiger partial charge in [0.05, 0.1) is 11.4 Å². The van der Waals surface area contributed by atoms with Crippen LogP contribution in [0.25, 0.3) is 33.4 Å². The Labute approximate surface area is 338 Å². The van der Waals surface area contributed by atoms with E-state index in [9.17, 15) is 0 Å². The summed E-state index contributed by atoms with van der Waals surface area (Å²) in [6.45, 7) is 11.2. The summed E-state index contributed by atoms with van der Waals surface area (Å²) in [5.74, 6) is 0. The van der Waals surface area contributed by atoms with Gasteiger partial charge in [0.1, 0.15) is 0 Å². The largest absolute Gasteiger partial charge is 0.248 e. The molecule has 3 aliphatic carbocycles. The van der Waals surface area contributed by atoms with Crippen LogP contribution in [0.2, 0.25) is 0 Å². The fourth-order valence-corrected chi connectivity index (χ4v) is 8.81. The lowest BCUT2D eigenvalue weighted by Gasteiger charge is -2.31. The molecule has 1 nitrogen and oxygen atoms in total. The summed E-state index contributed by atoms with van der Waals surface area (Å²) < 4.78 is 0. The Balaban J connectivity index is 1.08. The monoisotopic (exact) mass is 733 g/mol. The summed E-state index contributed by atoms with van der Waals surface area (Å²) in [6, 6.07) is 52.8. The summed E-state index contributed by atoms with van der Waals surface area (Å²) in [6.07, 6.45) is 16.6. The van der Waals surface area contributed by atoms with Gasteiger partial charge >= 0.3 is 0 Å². The molecule has 0 heterocycles. The third kappa shape index (κ3) is 7.07. The average Bonchev–Trinajstić information content (AvgIpc) is 3.79. The molecule has 0 aromatic heterocycles. The van der Waals surface area contributed by atoms with E-state index >= 15 is 0 Å². The van der Waals surface area contributed by atoms with Gasteiger partial charge in [0.15, 0.2) is 0 Å². The van der Waals surface area contributed by atoms with Crippen molar-refractivity contribution in [2.45, 2.75) is 45.4 Å². The molecule has 0 bridgehead atoms. The molecule has 3 aliphatic rings. The number of aryl methyl sites for hydroxylation is 1. The minimum Gasteiger partial charge on any atom is -0.248 e. The van der Waals surface area contributed by atoms with Crippen molar-refractivity contribution in [2.75, 3.05) is 0 Å². The molecule has 0 saturated carbocycles. The van der Waals surface area contributed by atoms with Gasteiger partial charge in [-0.2, -0.15) is 0 Å². The number of nitrogens with zero attached hydrogens (tertiary/aromatic N) is 1. The lowest BCUT2D eigenvalue weighted by atomic mass is 9.73. The zero-order valence-corrected chi connectivity index (χ0v) is 33.1. The second kappa shape index (κ2) is 15.2. The van der Waals surface area contributed by atoms with E-state index in [0.29, 0.717) is 0 Å². The van der Waals surface area contributed by atoms with Crippen molar-refractivity contribution in [1.82, 2.24) is 0 Å². The van der Waals surface area contributed by atoms with E-state index in [-0.39, 0.29) is 5.41 Å². The normalized spacial score (nSPS) is 18.7. The van der Waals surface area contributed by atoms with Crippen LogP contribution in [0.1, 0.15) is 64.8 Å². The van der Waals surface area contributed by atoms with Gasteiger partial charge in [-0.3, -0.25) is 0 Å². The minimum absolute atomic E-state index is 0.0804. The molecule has 9 rings (SSSR count). The number of aliphatic imine (C=N–C) groups is 1. The van der Waals surface area contributed by atoms with Crippen LogP contribution in [0.5, 0.6) is 0 Å². The van der Waals surface area contributed by atoms with Gasteiger partial charge in [-0.25, -0.2) is 4.99 Å². The molecule has 0 aliphatic heterocycles. The van der Waals surface area contributed by atoms with Crippen molar-refractivity contribution >= 4 is 16.9 Å². The van der Waals surface area contributed by atoms with Crippen molar-refractivity contribution in [3.05, 3.63) is 250 Å². The van der Waals surface area contributed by atoms with E-state index in [2.05, 4.69) is 209 Å². The summed E-state index contributed by atoms with van der Waals surface area (Å²) in [7, 11) is 0. The van der Waals surface area contributed by atoms with Crippen LogP contribution >= 0.6 is 0 Å². The predicted octanol–water partition coefficient (Wildman–Crippen LogP) is 14.0. The zero-order valence-electron chi connectivity index (χ0n) is 33.1. The molecule has 1 heteroatoms. The van der Waals surface area contributed by atoms with Gasteiger partial charge in [0, 0.05) is 16.5 Å². The first-order chi connectivity index (χ1) is 27.9. The molecule has 0 spiro atoms. The predicted molar refractivity (Wildman–Crippen MR) is 242 cm³/mol. The van der Waals surface area contributed by atoms with Crippen LogP contribution in [0.4, 0.5) is 0 Å². The molecule has 57 heavy (non-hydrogen) atoms. The van der Waals surface area contributed by atoms with E-state index < -0.39 is 0 Å². The van der Waals surface area contributed by atoms with Gasteiger partial charge in [0.2, 0.25) is 0 Å². The maximum absolute atomic E-state index is 5.31. The lowest BCUT2D eigenvalue weighted by molar-refractivity contribution is 0.599. The van der Waals surface area contributed by atoms with Crippen LogP contribution < -0.4 is 0 Å². The van der Waals surface area contributed by atoms with Gasteiger partial charge in [-0.1, -0.05) is 183 Å². The van der Waals surface area contributed by atoms with Crippen LogP contribution in [0.15, 0.2) is 210 Å². The molecular weight excluding hydrogens is 687 g/mol. The van der Waals surface area contributed by atoms with Gasteiger partial charge in [-0.05, 0) is 123 Å². The average molecular weight is 734 g/mol. The van der Waals surface area contributed by atoms with Gasteiger partial charge < -0.3 is 0 Å². The molecule has 0 amide bonds. The number of allylic oxidation sites excluding steroid dienone is 10. The van der Waals surface area contributed by atoms with E-state index in [0.717, 1.165) is 41.8 Å². The minimum atomic E-state index is -0.0804. The first-order valence-electron chi connectivity index (χ1n) is 20.1. The van der Waals surface area contributed by atoms with Crippen LogP contribution in [-0.4, -0.2) is 5.71 Å². The van der Waals surface area contributed by atoms with Crippen molar-refractivity contribution in [1.29, 1.82) is 0 Å². The maximum atomic E-state index is 5.31. The molecule has 0 radical (unpaired) electrons. The lowest BCUT2D eigenvalue weighted by Crippen LogP contribution is -2.21. The van der Waals surface area contributed by atoms with Crippen LogP contribution in [0.3, 0.4) is 0 Å². The molecular formula is C56H47N. The Morgan fingerprint density at radius 1 is 0.684 bits per heavy atom. The Morgan fingerprint density at radius 2 is 1.39 bits per heavy atom. The smallest absolute Gasteiger partial charge is 0.0783 e. The molecule has 6 aromatic carbocycles. The highest BCUT2D eigenvalue weighted by molar-refractivity contribution is 6.14. The Hall–Kier alpha value is -6.57. The second-order valence-electron chi connectivity index (χ2n) is 15.9. The highest BCUT2D eigenvalue weighted by Crippen LogP contribution is 2.46. The van der Waals surface area contributed by atoms with Crippen molar-refractivity contribution in [3.8, 4) is 22.3 Å². The van der Waals surface area contributed by atoms with E-state index in [4.69, 9.17) is 4.99 Å². The Bertz CT molecular complexity index is 2730. The summed E-state index contributed by atoms with van der Waals surface area (Å²) >= 11 is 0. The van der Waals surface area contributed by atoms with Crippen molar-refractivity contribution in [2.24, 2.45) is 4.99 Å². The highest BCUT2D eigenvalue weighted by atomic mass is 14.8. The number of rotatable bonds is 8. The van der Waals surface area contributed by atoms with Gasteiger partial charge in [-0.15, -0.1) is 0 Å². The fraction of sp³-hybridized carbons (Fsp3) is 0.125. The molecule has 1 unspecified atom stereocenters. The standard InChI is InChI=1S/C56H47N/c1-5-6-16-46-34-47-29-28-44(43-20-14-21-49(35-43)56(4)31-30-48-33-45-19-11-13-23-51(45)54(48)37-56)36-53(47)52(46)32-39(3)57-55(50-22-12-10-15-38(50)2)42-26-24-41(25-27-42)40-17-8-7-9-18-40/h5-30,32,35-37H,3,31,33-34H2,1-2,4H3/b6-5-,46-16-,52-32?,57-55?. The molecule has 0 fully saturated rings. The van der Waals surface area contributed by atoms with Crippen LogP contribution in [0, 0.1) is 6.92 Å². The summed E-state index contributed by atoms with van der Waals surface area (Å²) in [5, 5.41) is 0. The quantitative estimate of drug-likeness (QED) is 0.138. The topological polar surface area (TPSA) is 12.4 Å². The Kier molecular flexibility index (Phi) is 9.60. The third-order valence-electron chi connectivity index (χ3n) is 12.0. The van der Waals surface area contributed by atoms with E-state index in [1.165, 1.54) is 77.9 Å². The second-order valence-corrected chi connectivity index (χ2v) is 15.9. The van der Waals surface area contributed by atoms with Crippen LogP contribution in [-0.2, 0) is 18.3 Å². The Morgan fingerprint density at radius 3 is 2.21 bits per heavy atom. The molecule has 1 atom stereocenters. The van der Waals surface area contributed by atoms with Crippen molar-refractivity contribution in [3.63, 3.8) is 0 Å². The van der Waals surface area contributed by atoms with E-state index in [1.807, 2.05) is 0 Å². The van der Waals surface area contributed by atoms with Crippen molar-refractivity contribution < 1.29 is 0 Å². The zero-order chi connectivity index (χ0) is 38.9. The SMILES string of the molecule is C=C(C=C1/C(=C\C=C/C)Cc2ccc(-c3cccc(C4(C)C=C5C(=CC4)Cc4ccccc45)c3)cc21)N=C(c1ccc(-c2ccccc2)cc1)c1ccccc1C. The maximum Gasteiger partial charge on any atom is 0.0783 e. The molecule has 276 valence electrons. The number of hydrogen-bond acceptors (Lipinski definition) is 1. The fourth-order valence-electron chi connectivity index (χ4n) is 8.81. The first kappa shape index (κ1) is 36.1. The third-order valence-corrected chi connectivity index (χ3v) is 12.0. The number of benzene rings is 6. The number of fused-ring (bicyclic) bond motifs is 4. The summed E-state index contributed by atoms with van der Waals surface area (Å²) in [5.41, 5.74) is 21.8. The molecule has 0 N–H and O–H groups in total. The molecule has 0 saturated heterocycles. The number of hydrogen-bond donors (Lipinski definition) is 0. The van der Waals surface area contributed by atoms with Gasteiger partial charge in [0.25, 0.3) is 0 Å². The first-order valence-corrected chi connectivity index (χ1v) is 20.1. The van der Waals surface area contributed by atoms with E-state index in [1.54, 1.807) is 0 Å². The summed E-state index contributed by atoms with van der Waals surface area (Å²) in [4.78, 5) is 5.31. The highest BCUT2D eigenvalue weighted by Gasteiger charge is 2.32.